The molecule has 0 atom stereocenters. The molecule has 2 aromatic heterocycles. The topological polar surface area (TPSA) is 58.1 Å². The molecule has 1 amide bonds. The number of likely N-dealkylation sites (N-methyl/N-ethyl adjacent to an activating group) is 1. The van der Waals surface area contributed by atoms with Crippen molar-refractivity contribution in [3.63, 3.8) is 0 Å². The van der Waals surface area contributed by atoms with Gasteiger partial charge in [-0.2, -0.15) is 0 Å². The molecule has 5 nitrogen and oxygen atoms in total. The average molecular weight is 332 g/mol. The molecule has 0 unspecified atom stereocenters. The zero-order chi connectivity index (χ0) is 16.9. The predicted octanol–water partition coefficient (Wildman–Crippen LogP) is 2.59. The van der Waals surface area contributed by atoms with E-state index in [4.69, 9.17) is 0 Å². The van der Waals surface area contributed by atoms with Gasteiger partial charge in [0.25, 0.3) is 0 Å². The SMILES string of the molecule is CN(C)C(C)(C)CNC(=O)CCc1csc(-c2ccncc2)n1. The average Bonchev–Trinajstić information content (AvgIpc) is 3.01. The molecule has 0 saturated heterocycles. The lowest BCUT2D eigenvalue weighted by Crippen LogP contribution is -2.48. The van der Waals surface area contributed by atoms with Crippen LogP contribution in [0.15, 0.2) is 29.9 Å². The standard InChI is InChI=1S/C17H24N4OS/c1-17(2,21(3)4)12-19-15(22)6-5-14-11-23-16(20-14)13-7-9-18-10-8-13/h7-11H,5-6,12H2,1-4H3,(H,19,22). The Labute approximate surface area is 141 Å². The second-order valence-electron chi connectivity index (χ2n) is 6.36. The third-order valence-electron chi connectivity index (χ3n) is 4.02. The molecule has 0 fully saturated rings. The number of pyridine rings is 1. The van der Waals surface area contributed by atoms with E-state index >= 15 is 0 Å². The van der Waals surface area contributed by atoms with Crippen LogP contribution in [-0.4, -0.2) is 47.0 Å². The van der Waals surface area contributed by atoms with E-state index in [0.717, 1.165) is 16.3 Å². The van der Waals surface area contributed by atoms with Crippen molar-refractivity contribution in [1.82, 2.24) is 20.2 Å². The Kier molecular flexibility index (Phi) is 5.85. The lowest BCUT2D eigenvalue weighted by atomic mass is 10.0. The number of nitrogens with one attached hydrogen (secondary N) is 1. The summed E-state index contributed by atoms with van der Waals surface area (Å²) >= 11 is 1.60. The van der Waals surface area contributed by atoms with Crippen LogP contribution in [0.2, 0.25) is 0 Å². The zero-order valence-electron chi connectivity index (χ0n) is 14.2. The first-order valence-corrected chi connectivity index (χ1v) is 8.55. The highest BCUT2D eigenvalue weighted by molar-refractivity contribution is 7.13. The molecule has 23 heavy (non-hydrogen) atoms. The quantitative estimate of drug-likeness (QED) is 0.847. The fraction of sp³-hybridized carbons (Fsp3) is 0.471. The number of nitrogens with zero attached hydrogens (tertiary/aromatic N) is 3. The molecule has 124 valence electrons. The maximum atomic E-state index is 12.0. The monoisotopic (exact) mass is 332 g/mol. The van der Waals surface area contributed by atoms with Gasteiger partial charge in [0.2, 0.25) is 5.91 Å². The molecule has 6 heteroatoms. The first-order valence-electron chi connectivity index (χ1n) is 7.67. The van der Waals surface area contributed by atoms with Crippen molar-refractivity contribution in [1.29, 1.82) is 0 Å². The second-order valence-corrected chi connectivity index (χ2v) is 7.22. The van der Waals surface area contributed by atoms with Gasteiger partial charge in [-0.15, -0.1) is 11.3 Å². The summed E-state index contributed by atoms with van der Waals surface area (Å²) in [5, 5.41) is 5.99. The van der Waals surface area contributed by atoms with E-state index in [-0.39, 0.29) is 11.4 Å². The van der Waals surface area contributed by atoms with E-state index < -0.39 is 0 Å². The van der Waals surface area contributed by atoms with Crippen LogP contribution in [0.3, 0.4) is 0 Å². The number of rotatable bonds is 7. The Morgan fingerprint density at radius 2 is 2.00 bits per heavy atom. The van der Waals surface area contributed by atoms with Crippen LogP contribution >= 0.6 is 11.3 Å². The maximum Gasteiger partial charge on any atom is 0.220 e. The highest BCUT2D eigenvalue weighted by Gasteiger charge is 2.20. The van der Waals surface area contributed by atoms with Crippen molar-refractivity contribution in [2.45, 2.75) is 32.2 Å². The molecule has 1 N–H and O–H groups in total. The molecule has 0 aliphatic rings. The number of thiazole rings is 1. The molecule has 2 heterocycles. The van der Waals surface area contributed by atoms with E-state index in [1.807, 2.05) is 31.6 Å². The Bertz CT molecular complexity index is 637. The Morgan fingerprint density at radius 1 is 1.30 bits per heavy atom. The summed E-state index contributed by atoms with van der Waals surface area (Å²) in [5.74, 6) is 0.0680. The second kappa shape index (κ2) is 7.66. The Morgan fingerprint density at radius 3 is 2.65 bits per heavy atom. The summed E-state index contributed by atoms with van der Waals surface area (Å²) in [5.41, 5.74) is 1.97. The Hall–Kier alpha value is -1.79. The molecule has 0 saturated carbocycles. The summed E-state index contributed by atoms with van der Waals surface area (Å²) < 4.78 is 0. The fourth-order valence-electron chi connectivity index (χ4n) is 1.85. The minimum Gasteiger partial charge on any atom is -0.354 e. The van der Waals surface area contributed by atoms with Crippen LogP contribution in [0.25, 0.3) is 10.6 Å². The number of hydrogen-bond donors (Lipinski definition) is 1. The minimum atomic E-state index is -0.0508. The Balaban J connectivity index is 1.82. The molecular weight excluding hydrogens is 308 g/mol. The maximum absolute atomic E-state index is 12.0. The number of aromatic nitrogens is 2. The van der Waals surface area contributed by atoms with E-state index in [1.165, 1.54) is 0 Å². The summed E-state index contributed by atoms with van der Waals surface area (Å²) in [6, 6.07) is 3.89. The van der Waals surface area contributed by atoms with E-state index in [9.17, 15) is 4.79 Å². The smallest absolute Gasteiger partial charge is 0.220 e. The van der Waals surface area contributed by atoms with Crippen molar-refractivity contribution in [2.75, 3.05) is 20.6 Å². The van der Waals surface area contributed by atoms with Crippen LogP contribution < -0.4 is 5.32 Å². The van der Waals surface area contributed by atoms with Gasteiger partial charge in [-0.05, 0) is 46.5 Å². The number of aryl methyl sites for hydroxylation is 1. The van der Waals surface area contributed by atoms with E-state index in [2.05, 4.69) is 34.0 Å². The van der Waals surface area contributed by atoms with Crippen LogP contribution in [0.1, 0.15) is 26.0 Å². The summed E-state index contributed by atoms with van der Waals surface area (Å²) in [7, 11) is 4.03. The van der Waals surface area contributed by atoms with Gasteiger partial charge in [0.1, 0.15) is 5.01 Å². The third kappa shape index (κ3) is 5.11. The van der Waals surface area contributed by atoms with Crippen LogP contribution in [-0.2, 0) is 11.2 Å². The third-order valence-corrected chi connectivity index (χ3v) is 4.96. The lowest BCUT2D eigenvalue weighted by molar-refractivity contribution is -0.121. The number of carbonyl (C=O) groups is 1. The van der Waals surface area contributed by atoms with Gasteiger partial charge in [-0.1, -0.05) is 0 Å². The van der Waals surface area contributed by atoms with E-state index in [0.29, 0.717) is 19.4 Å². The predicted molar refractivity (Wildman–Crippen MR) is 94.4 cm³/mol. The van der Waals surface area contributed by atoms with Crippen LogP contribution in [0.4, 0.5) is 0 Å². The first-order chi connectivity index (χ1) is 10.9. The fourth-order valence-corrected chi connectivity index (χ4v) is 2.71. The summed E-state index contributed by atoms with van der Waals surface area (Å²) in [4.78, 5) is 22.7. The zero-order valence-corrected chi connectivity index (χ0v) is 15.0. The highest BCUT2D eigenvalue weighted by atomic mass is 32.1. The van der Waals surface area contributed by atoms with Gasteiger partial charge in [0.05, 0.1) is 5.69 Å². The van der Waals surface area contributed by atoms with Gasteiger partial charge in [0, 0.05) is 41.8 Å². The molecule has 0 aliphatic carbocycles. The molecule has 0 aromatic carbocycles. The molecule has 2 rings (SSSR count). The van der Waals surface area contributed by atoms with Gasteiger partial charge >= 0.3 is 0 Å². The van der Waals surface area contributed by atoms with Crippen molar-refractivity contribution < 1.29 is 4.79 Å². The minimum absolute atomic E-state index is 0.0508. The molecule has 0 spiro atoms. The van der Waals surface area contributed by atoms with Crippen molar-refractivity contribution in [3.05, 3.63) is 35.6 Å². The highest BCUT2D eigenvalue weighted by Crippen LogP contribution is 2.23. The molecule has 0 bridgehead atoms. The van der Waals surface area contributed by atoms with Crippen molar-refractivity contribution >= 4 is 17.2 Å². The van der Waals surface area contributed by atoms with Crippen LogP contribution in [0, 0.1) is 0 Å². The lowest BCUT2D eigenvalue weighted by Gasteiger charge is -2.32. The van der Waals surface area contributed by atoms with Gasteiger partial charge < -0.3 is 10.2 Å². The summed E-state index contributed by atoms with van der Waals surface area (Å²) in [6.07, 6.45) is 4.64. The van der Waals surface area contributed by atoms with Crippen LogP contribution in [0.5, 0.6) is 0 Å². The van der Waals surface area contributed by atoms with Gasteiger partial charge in [-0.25, -0.2) is 4.98 Å². The van der Waals surface area contributed by atoms with Gasteiger partial charge in [0.15, 0.2) is 0 Å². The first kappa shape index (κ1) is 17.6. The number of hydrogen-bond acceptors (Lipinski definition) is 5. The molecule has 0 radical (unpaired) electrons. The van der Waals surface area contributed by atoms with Crippen molar-refractivity contribution in [2.24, 2.45) is 0 Å². The molecular formula is C17H24N4OS. The number of carbonyl (C=O) groups excluding carboxylic acids is 1. The normalized spacial score (nSPS) is 11.7. The van der Waals surface area contributed by atoms with Gasteiger partial charge in [-0.3, -0.25) is 9.78 Å². The summed E-state index contributed by atoms with van der Waals surface area (Å²) in [6.45, 7) is 4.85. The molecule has 0 aliphatic heterocycles. The largest absolute Gasteiger partial charge is 0.354 e. The van der Waals surface area contributed by atoms with E-state index in [1.54, 1.807) is 23.7 Å². The number of amides is 1. The van der Waals surface area contributed by atoms with Crippen molar-refractivity contribution in [3.8, 4) is 10.6 Å². The molecule has 2 aromatic rings.